The largest absolute Gasteiger partial charge is 0.324 e. The lowest BCUT2D eigenvalue weighted by Gasteiger charge is -2.16. The number of aromatic nitrogens is 3. The van der Waals surface area contributed by atoms with Gasteiger partial charge in [-0.3, -0.25) is 0 Å². The summed E-state index contributed by atoms with van der Waals surface area (Å²) in [4.78, 5) is 4.32. The molecule has 0 radical (unpaired) electrons. The van der Waals surface area contributed by atoms with Crippen LogP contribution in [0.25, 0.3) is 0 Å². The second-order valence-corrected chi connectivity index (χ2v) is 6.08. The van der Waals surface area contributed by atoms with E-state index in [4.69, 9.17) is 5.73 Å². The van der Waals surface area contributed by atoms with Crippen LogP contribution in [0, 0.1) is 10.5 Å². The Hall–Kier alpha value is -0.950. The number of nitrogens with zero attached hydrogens (tertiary/aromatic N) is 3. The fourth-order valence-corrected chi connectivity index (χ4v) is 2.87. The predicted molar refractivity (Wildman–Crippen MR) is 84.9 cm³/mol. The van der Waals surface area contributed by atoms with Crippen molar-refractivity contribution in [3.05, 3.63) is 45.0 Å². The first kappa shape index (κ1) is 14.5. The lowest BCUT2D eigenvalue weighted by Crippen LogP contribution is -2.19. The van der Waals surface area contributed by atoms with E-state index in [0.717, 1.165) is 5.82 Å². The standard InChI is InChI=1S/C14H19IN4/c1-9(2)19-13(17-8-18-19)7-12(16)11-6-4-5-10(3)14(11)15/h4-6,8-9,12H,7,16H2,1-3H3. The maximum Gasteiger partial charge on any atom is 0.138 e. The molecule has 0 saturated carbocycles. The molecule has 1 aromatic carbocycles. The summed E-state index contributed by atoms with van der Waals surface area (Å²) < 4.78 is 3.17. The number of hydrogen-bond donors (Lipinski definition) is 1. The van der Waals surface area contributed by atoms with E-state index < -0.39 is 0 Å². The first-order chi connectivity index (χ1) is 9.00. The zero-order valence-electron chi connectivity index (χ0n) is 11.5. The summed E-state index contributed by atoms with van der Waals surface area (Å²) in [6.45, 7) is 6.30. The van der Waals surface area contributed by atoms with Crippen LogP contribution in [0.15, 0.2) is 24.5 Å². The van der Waals surface area contributed by atoms with Crippen LogP contribution in [-0.4, -0.2) is 14.8 Å². The molecule has 2 N–H and O–H groups in total. The van der Waals surface area contributed by atoms with Gasteiger partial charge < -0.3 is 5.73 Å². The number of halogens is 1. The van der Waals surface area contributed by atoms with E-state index in [2.05, 4.69) is 71.6 Å². The van der Waals surface area contributed by atoms with Crippen molar-refractivity contribution in [2.24, 2.45) is 5.73 Å². The molecule has 102 valence electrons. The monoisotopic (exact) mass is 370 g/mol. The molecule has 1 unspecified atom stereocenters. The Morgan fingerprint density at radius 1 is 1.37 bits per heavy atom. The van der Waals surface area contributed by atoms with E-state index in [1.165, 1.54) is 14.7 Å². The molecule has 4 nitrogen and oxygen atoms in total. The highest BCUT2D eigenvalue weighted by Crippen LogP contribution is 2.24. The van der Waals surface area contributed by atoms with Crippen LogP contribution < -0.4 is 5.73 Å². The zero-order chi connectivity index (χ0) is 14.0. The van der Waals surface area contributed by atoms with E-state index in [1.807, 2.05) is 4.68 Å². The topological polar surface area (TPSA) is 56.7 Å². The Labute approximate surface area is 127 Å². The molecule has 0 bridgehead atoms. The van der Waals surface area contributed by atoms with E-state index in [9.17, 15) is 0 Å². The van der Waals surface area contributed by atoms with Crippen LogP contribution >= 0.6 is 22.6 Å². The van der Waals surface area contributed by atoms with Gasteiger partial charge in [0, 0.05) is 22.1 Å². The summed E-state index contributed by atoms with van der Waals surface area (Å²) in [5.74, 6) is 0.944. The van der Waals surface area contributed by atoms with Gasteiger partial charge >= 0.3 is 0 Å². The SMILES string of the molecule is Cc1cccc(C(N)Cc2ncnn2C(C)C)c1I. The van der Waals surface area contributed by atoms with Crippen molar-refractivity contribution in [3.63, 3.8) is 0 Å². The minimum absolute atomic E-state index is 0.0477. The molecule has 0 spiro atoms. The van der Waals surface area contributed by atoms with Crippen LogP contribution in [-0.2, 0) is 6.42 Å². The molecule has 5 heteroatoms. The van der Waals surface area contributed by atoms with Crippen molar-refractivity contribution in [1.82, 2.24) is 14.8 Å². The molecule has 0 fully saturated rings. The van der Waals surface area contributed by atoms with Crippen molar-refractivity contribution < 1.29 is 0 Å². The molecule has 2 aromatic rings. The Morgan fingerprint density at radius 2 is 2.11 bits per heavy atom. The average Bonchev–Trinajstić information content (AvgIpc) is 2.80. The average molecular weight is 370 g/mol. The summed E-state index contributed by atoms with van der Waals surface area (Å²) in [5, 5.41) is 4.25. The van der Waals surface area contributed by atoms with Gasteiger partial charge in [-0.1, -0.05) is 18.2 Å². The number of nitrogens with two attached hydrogens (primary N) is 1. The van der Waals surface area contributed by atoms with Crippen LogP contribution in [0.2, 0.25) is 0 Å². The molecule has 0 aliphatic carbocycles. The number of rotatable bonds is 4. The van der Waals surface area contributed by atoms with E-state index >= 15 is 0 Å². The minimum Gasteiger partial charge on any atom is -0.324 e. The number of aryl methyl sites for hydroxylation is 1. The number of hydrogen-bond acceptors (Lipinski definition) is 3. The van der Waals surface area contributed by atoms with Crippen molar-refractivity contribution in [2.75, 3.05) is 0 Å². The zero-order valence-corrected chi connectivity index (χ0v) is 13.6. The van der Waals surface area contributed by atoms with Gasteiger partial charge in [0.25, 0.3) is 0 Å². The highest BCUT2D eigenvalue weighted by Gasteiger charge is 2.16. The molecule has 2 rings (SSSR count). The molecular formula is C14H19IN4. The van der Waals surface area contributed by atoms with Crippen LogP contribution in [0.4, 0.5) is 0 Å². The third kappa shape index (κ3) is 3.14. The van der Waals surface area contributed by atoms with Crippen LogP contribution in [0.5, 0.6) is 0 Å². The van der Waals surface area contributed by atoms with Gasteiger partial charge in [0.15, 0.2) is 0 Å². The number of benzene rings is 1. The third-order valence-electron chi connectivity index (χ3n) is 3.16. The van der Waals surface area contributed by atoms with E-state index in [-0.39, 0.29) is 6.04 Å². The van der Waals surface area contributed by atoms with Gasteiger partial charge in [-0.2, -0.15) is 5.10 Å². The quantitative estimate of drug-likeness (QED) is 0.842. The summed E-state index contributed by atoms with van der Waals surface area (Å²) in [7, 11) is 0. The summed E-state index contributed by atoms with van der Waals surface area (Å²) in [6.07, 6.45) is 2.31. The highest BCUT2D eigenvalue weighted by atomic mass is 127. The molecule has 0 saturated heterocycles. The molecule has 19 heavy (non-hydrogen) atoms. The van der Waals surface area contributed by atoms with E-state index in [1.54, 1.807) is 6.33 Å². The molecular weight excluding hydrogens is 351 g/mol. The fourth-order valence-electron chi connectivity index (χ4n) is 2.11. The Bertz CT molecular complexity index is 562. The van der Waals surface area contributed by atoms with E-state index in [0.29, 0.717) is 12.5 Å². The van der Waals surface area contributed by atoms with Gasteiger partial charge in [0.1, 0.15) is 12.2 Å². The van der Waals surface area contributed by atoms with Crippen LogP contribution in [0.1, 0.15) is 42.9 Å². The van der Waals surface area contributed by atoms with Gasteiger partial charge in [-0.05, 0) is 54.5 Å². The highest BCUT2D eigenvalue weighted by molar-refractivity contribution is 14.1. The Kier molecular flexibility index (Phi) is 4.57. The molecule has 1 heterocycles. The summed E-state index contributed by atoms with van der Waals surface area (Å²) >= 11 is 2.36. The minimum atomic E-state index is -0.0477. The van der Waals surface area contributed by atoms with Crippen LogP contribution in [0.3, 0.4) is 0 Å². The second-order valence-electron chi connectivity index (χ2n) is 5.00. The van der Waals surface area contributed by atoms with Gasteiger partial charge in [0.2, 0.25) is 0 Å². The van der Waals surface area contributed by atoms with Crippen molar-refractivity contribution in [1.29, 1.82) is 0 Å². The maximum atomic E-state index is 6.34. The van der Waals surface area contributed by atoms with Gasteiger partial charge in [0.05, 0.1) is 0 Å². The first-order valence-corrected chi connectivity index (χ1v) is 7.47. The fraction of sp³-hybridized carbons (Fsp3) is 0.429. The maximum absolute atomic E-state index is 6.34. The Balaban J connectivity index is 2.23. The molecule has 0 aliphatic heterocycles. The lowest BCUT2D eigenvalue weighted by atomic mass is 10.0. The molecule has 1 atom stereocenters. The third-order valence-corrected chi connectivity index (χ3v) is 4.63. The van der Waals surface area contributed by atoms with Crippen molar-refractivity contribution in [2.45, 2.75) is 39.3 Å². The summed E-state index contributed by atoms with van der Waals surface area (Å²) in [5.41, 5.74) is 8.78. The lowest BCUT2D eigenvalue weighted by molar-refractivity contribution is 0.493. The second kappa shape index (κ2) is 6.00. The molecule has 1 aromatic heterocycles. The Morgan fingerprint density at radius 3 is 2.79 bits per heavy atom. The normalized spacial score (nSPS) is 12.9. The van der Waals surface area contributed by atoms with Crippen molar-refractivity contribution >= 4 is 22.6 Å². The van der Waals surface area contributed by atoms with Crippen molar-refractivity contribution in [3.8, 4) is 0 Å². The molecule has 0 amide bonds. The smallest absolute Gasteiger partial charge is 0.138 e. The van der Waals surface area contributed by atoms with Gasteiger partial charge in [-0.25, -0.2) is 9.67 Å². The van der Waals surface area contributed by atoms with Gasteiger partial charge in [-0.15, -0.1) is 0 Å². The predicted octanol–water partition coefficient (Wildman–Crippen LogP) is 3.01. The first-order valence-electron chi connectivity index (χ1n) is 6.39. The summed E-state index contributed by atoms with van der Waals surface area (Å²) in [6, 6.07) is 6.51. The molecule has 0 aliphatic rings.